The predicted molar refractivity (Wildman–Crippen MR) is 52.9 cm³/mol. The summed E-state index contributed by atoms with van der Waals surface area (Å²) in [6.45, 7) is 2.72. The highest BCUT2D eigenvalue weighted by molar-refractivity contribution is 5.33. The average Bonchev–Trinajstić information content (AvgIpc) is 2.85. The van der Waals surface area contributed by atoms with Crippen molar-refractivity contribution in [3.8, 4) is 5.75 Å². The van der Waals surface area contributed by atoms with Crippen LogP contribution in [0.4, 0.5) is 0 Å². The summed E-state index contributed by atoms with van der Waals surface area (Å²) >= 11 is 0. The Bertz CT molecular complexity index is 281. The fraction of sp³-hybridized carbons (Fsp3) is 0.455. The number of benzene rings is 1. The standard InChI is InChI=1S/C11H15NO/c1-2-13-9-5-3-8(4-6-9)10-7-11(10)12/h3-6,10-11H,2,7,12H2,1H3/t10-,11+/m1/s1. The molecule has 2 heteroatoms. The third kappa shape index (κ3) is 1.83. The van der Waals surface area contributed by atoms with E-state index in [2.05, 4.69) is 12.1 Å². The van der Waals surface area contributed by atoms with Gasteiger partial charge in [0.05, 0.1) is 6.61 Å². The molecule has 0 saturated heterocycles. The Morgan fingerprint density at radius 2 is 2.00 bits per heavy atom. The Morgan fingerprint density at radius 1 is 1.38 bits per heavy atom. The van der Waals surface area contributed by atoms with Gasteiger partial charge in [-0.3, -0.25) is 0 Å². The highest BCUT2D eigenvalue weighted by Crippen LogP contribution is 2.39. The monoisotopic (exact) mass is 177 g/mol. The zero-order valence-electron chi connectivity index (χ0n) is 7.86. The molecule has 1 saturated carbocycles. The molecule has 0 radical (unpaired) electrons. The van der Waals surface area contributed by atoms with E-state index in [1.807, 2.05) is 19.1 Å². The minimum atomic E-state index is 0.387. The highest BCUT2D eigenvalue weighted by Gasteiger charge is 2.34. The van der Waals surface area contributed by atoms with E-state index >= 15 is 0 Å². The summed E-state index contributed by atoms with van der Waals surface area (Å²) in [4.78, 5) is 0. The molecule has 1 aliphatic rings. The van der Waals surface area contributed by atoms with Gasteiger partial charge in [0.2, 0.25) is 0 Å². The zero-order chi connectivity index (χ0) is 9.26. The largest absolute Gasteiger partial charge is 0.494 e. The molecule has 1 aromatic carbocycles. The van der Waals surface area contributed by atoms with Crippen LogP contribution in [0.15, 0.2) is 24.3 Å². The molecule has 1 aromatic rings. The first kappa shape index (κ1) is 8.57. The molecule has 0 aromatic heterocycles. The first-order chi connectivity index (χ1) is 6.31. The van der Waals surface area contributed by atoms with Crippen LogP contribution < -0.4 is 10.5 Å². The molecule has 0 spiro atoms. The molecular formula is C11H15NO. The zero-order valence-corrected chi connectivity index (χ0v) is 7.86. The maximum atomic E-state index is 5.76. The number of rotatable bonds is 3. The van der Waals surface area contributed by atoms with Crippen LogP contribution >= 0.6 is 0 Å². The van der Waals surface area contributed by atoms with Gasteiger partial charge in [0.25, 0.3) is 0 Å². The highest BCUT2D eigenvalue weighted by atomic mass is 16.5. The van der Waals surface area contributed by atoms with Gasteiger partial charge in [0.1, 0.15) is 5.75 Å². The Kier molecular flexibility index (Phi) is 2.23. The van der Waals surface area contributed by atoms with E-state index < -0.39 is 0 Å². The lowest BCUT2D eigenvalue weighted by molar-refractivity contribution is 0.340. The van der Waals surface area contributed by atoms with Gasteiger partial charge in [-0.1, -0.05) is 12.1 Å². The van der Waals surface area contributed by atoms with Crippen LogP contribution in [-0.2, 0) is 0 Å². The summed E-state index contributed by atoms with van der Waals surface area (Å²) in [5, 5.41) is 0. The van der Waals surface area contributed by atoms with Gasteiger partial charge in [-0.05, 0) is 31.0 Å². The van der Waals surface area contributed by atoms with Gasteiger partial charge in [0, 0.05) is 12.0 Å². The fourth-order valence-electron chi connectivity index (χ4n) is 1.58. The molecule has 0 aliphatic heterocycles. The summed E-state index contributed by atoms with van der Waals surface area (Å²) in [5.41, 5.74) is 7.11. The van der Waals surface area contributed by atoms with E-state index in [0.717, 1.165) is 18.8 Å². The number of nitrogens with two attached hydrogens (primary N) is 1. The molecular weight excluding hydrogens is 162 g/mol. The van der Waals surface area contributed by atoms with Crippen LogP contribution in [0.2, 0.25) is 0 Å². The quantitative estimate of drug-likeness (QED) is 0.765. The van der Waals surface area contributed by atoms with Gasteiger partial charge in [-0.15, -0.1) is 0 Å². The second-order valence-corrected chi connectivity index (χ2v) is 3.51. The van der Waals surface area contributed by atoms with Crippen molar-refractivity contribution in [3.05, 3.63) is 29.8 Å². The summed E-state index contributed by atoms with van der Waals surface area (Å²) < 4.78 is 5.36. The van der Waals surface area contributed by atoms with Crippen LogP contribution in [-0.4, -0.2) is 12.6 Å². The maximum Gasteiger partial charge on any atom is 0.119 e. The SMILES string of the molecule is CCOc1ccc([C@H]2C[C@@H]2N)cc1. The molecule has 0 bridgehead atoms. The molecule has 2 rings (SSSR count). The Labute approximate surface area is 78.7 Å². The molecule has 2 atom stereocenters. The van der Waals surface area contributed by atoms with Crippen molar-refractivity contribution >= 4 is 0 Å². The van der Waals surface area contributed by atoms with E-state index in [9.17, 15) is 0 Å². The topological polar surface area (TPSA) is 35.2 Å². The van der Waals surface area contributed by atoms with Crippen molar-refractivity contribution in [3.63, 3.8) is 0 Å². The Balaban J connectivity index is 2.06. The number of ether oxygens (including phenoxy) is 1. The minimum absolute atomic E-state index is 0.387. The van der Waals surface area contributed by atoms with Crippen molar-refractivity contribution < 1.29 is 4.74 Å². The van der Waals surface area contributed by atoms with Gasteiger partial charge in [0.15, 0.2) is 0 Å². The number of hydrogen-bond donors (Lipinski definition) is 1. The van der Waals surface area contributed by atoms with E-state index in [4.69, 9.17) is 10.5 Å². The number of hydrogen-bond acceptors (Lipinski definition) is 2. The van der Waals surface area contributed by atoms with Gasteiger partial charge in [-0.25, -0.2) is 0 Å². The molecule has 1 fully saturated rings. The molecule has 2 nitrogen and oxygen atoms in total. The molecule has 0 amide bonds. The maximum absolute atomic E-state index is 5.76. The summed E-state index contributed by atoms with van der Waals surface area (Å²) in [6, 6.07) is 8.65. The summed E-state index contributed by atoms with van der Waals surface area (Å²) in [7, 11) is 0. The second-order valence-electron chi connectivity index (χ2n) is 3.51. The van der Waals surface area contributed by atoms with Crippen LogP contribution in [0.5, 0.6) is 5.75 Å². The molecule has 70 valence electrons. The van der Waals surface area contributed by atoms with Crippen LogP contribution in [0.3, 0.4) is 0 Å². The molecule has 0 heterocycles. The van der Waals surface area contributed by atoms with E-state index in [1.165, 1.54) is 5.56 Å². The lowest BCUT2D eigenvalue weighted by Crippen LogP contribution is -2.00. The van der Waals surface area contributed by atoms with Crippen LogP contribution in [0.1, 0.15) is 24.8 Å². The molecule has 2 N–H and O–H groups in total. The first-order valence-corrected chi connectivity index (χ1v) is 4.79. The Hall–Kier alpha value is -1.02. The van der Waals surface area contributed by atoms with Crippen molar-refractivity contribution in [2.24, 2.45) is 5.73 Å². The van der Waals surface area contributed by atoms with E-state index in [-0.39, 0.29) is 0 Å². The third-order valence-electron chi connectivity index (χ3n) is 2.46. The third-order valence-corrected chi connectivity index (χ3v) is 2.46. The summed E-state index contributed by atoms with van der Waals surface area (Å²) in [6.07, 6.45) is 1.13. The molecule has 1 aliphatic carbocycles. The van der Waals surface area contributed by atoms with Crippen LogP contribution in [0, 0.1) is 0 Å². The first-order valence-electron chi connectivity index (χ1n) is 4.79. The van der Waals surface area contributed by atoms with Crippen molar-refractivity contribution in [1.29, 1.82) is 0 Å². The van der Waals surface area contributed by atoms with Gasteiger partial charge < -0.3 is 10.5 Å². The Morgan fingerprint density at radius 3 is 2.46 bits per heavy atom. The summed E-state index contributed by atoms with van der Waals surface area (Å²) in [5.74, 6) is 1.54. The average molecular weight is 177 g/mol. The predicted octanol–water partition coefficient (Wildman–Crippen LogP) is 1.90. The van der Waals surface area contributed by atoms with Crippen molar-refractivity contribution in [1.82, 2.24) is 0 Å². The van der Waals surface area contributed by atoms with E-state index in [0.29, 0.717) is 12.0 Å². The molecule has 13 heavy (non-hydrogen) atoms. The lowest BCUT2D eigenvalue weighted by atomic mass is 10.1. The lowest BCUT2D eigenvalue weighted by Gasteiger charge is -2.03. The smallest absolute Gasteiger partial charge is 0.119 e. The van der Waals surface area contributed by atoms with Gasteiger partial charge in [-0.2, -0.15) is 0 Å². The minimum Gasteiger partial charge on any atom is -0.494 e. The van der Waals surface area contributed by atoms with Crippen molar-refractivity contribution in [2.75, 3.05) is 6.61 Å². The van der Waals surface area contributed by atoms with Crippen LogP contribution in [0.25, 0.3) is 0 Å². The second kappa shape index (κ2) is 3.38. The van der Waals surface area contributed by atoms with Gasteiger partial charge >= 0.3 is 0 Å². The molecule has 0 unspecified atom stereocenters. The van der Waals surface area contributed by atoms with E-state index in [1.54, 1.807) is 0 Å². The normalized spacial score (nSPS) is 25.7. The van der Waals surface area contributed by atoms with Crippen molar-refractivity contribution in [2.45, 2.75) is 25.3 Å². The fourth-order valence-corrected chi connectivity index (χ4v) is 1.58.